The average Bonchev–Trinajstić information content (AvgIpc) is 2.82. The van der Waals surface area contributed by atoms with Crippen LogP contribution in [-0.4, -0.2) is 28.0 Å². The summed E-state index contributed by atoms with van der Waals surface area (Å²) in [5.74, 6) is 0.615. The van der Waals surface area contributed by atoms with Gasteiger partial charge in [-0.3, -0.25) is 9.10 Å². The molecule has 0 radical (unpaired) electrons. The van der Waals surface area contributed by atoms with Gasteiger partial charge in [-0.25, -0.2) is 8.42 Å². The minimum atomic E-state index is -4.02. The van der Waals surface area contributed by atoms with Crippen LogP contribution in [0.5, 0.6) is 5.75 Å². The van der Waals surface area contributed by atoms with Gasteiger partial charge in [0.25, 0.3) is 10.0 Å². The van der Waals surface area contributed by atoms with Gasteiger partial charge >= 0.3 is 0 Å². The van der Waals surface area contributed by atoms with Crippen LogP contribution in [0.2, 0.25) is 5.02 Å². The summed E-state index contributed by atoms with van der Waals surface area (Å²) >= 11 is 6.16. The molecule has 0 aromatic heterocycles. The summed E-state index contributed by atoms with van der Waals surface area (Å²) in [4.78, 5) is 13.4. The number of methoxy groups -OCH3 is 1. The lowest BCUT2D eigenvalue weighted by molar-refractivity contribution is -0.120. The average molecular weight is 515 g/mol. The van der Waals surface area contributed by atoms with Crippen molar-refractivity contribution in [3.8, 4) is 5.75 Å². The smallest absolute Gasteiger partial charge is 0.264 e. The largest absolute Gasteiger partial charge is 0.497 e. The summed E-state index contributed by atoms with van der Waals surface area (Å²) in [6.07, 6.45) is 0.694. The number of nitrogens with one attached hydrogen (secondary N) is 1. The van der Waals surface area contributed by atoms with Crippen LogP contribution in [0.1, 0.15) is 37.4 Å². The molecule has 0 heterocycles. The van der Waals surface area contributed by atoms with E-state index in [2.05, 4.69) is 19.2 Å². The van der Waals surface area contributed by atoms with Gasteiger partial charge in [0.2, 0.25) is 5.91 Å². The SMILES string of the molecule is COc1ccc([C@@H](CC(C)C)NC(=O)CN(c2cccc(Cl)c2)S(=O)(=O)c2ccc(C)cc2)cc1. The van der Waals surface area contributed by atoms with Crippen LogP contribution in [0.3, 0.4) is 0 Å². The molecule has 0 aliphatic carbocycles. The molecule has 0 bridgehead atoms. The van der Waals surface area contributed by atoms with E-state index in [1.54, 1.807) is 49.6 Å². The van der Waals surface area contributed by atoms with Gasteiger partial charge in [-0.15, -0.1) is 0 Å². The van der Waals surface area contributed by atoms with Gasteiger partial charge in [0, 0.05) is 5.02 Å². The Morgan fingerprint density at radius 2 is 1.69 bits per heavy atom. The van der Waals surface area contributed by atoms with Gasteiger partial charge in [0.15, 0.2) is 0 Å². The molecule has 0 spiro atoms. The maximum absolute atomic E-state index is 13.6. The quantitative estimate of drug-likeness (QED) is 0.373. The number of sulfonamides is 1. The van der Waals surface area contributed by atoms with E-state index in [0.717, 1.165) is 21.2 Å². The van der Waals surface area contributed by atoms with Crippen molar-refractivity contribution >= 4 is 33.2 Å². The first-order valence-corrected chi connectivity index (χ1v) is 13.2. The van der Waals surface area contributed by atoms with Gasteiger partial charge < -0.3 is 10.1 Å². The van der Waals surface area contributed by atoms with Gasteiger partial charge in [-0.2, -0.15) is 0 Å². The molecule has 1 amide bonds. The molecule has 1 N–H and O–H groups in total. The normalized spacial score (nSPS) is 12.3. The van der Waals surface area contributed by atoms with E-state index < -0.39 is 15.9 Å². The number of nitrogens with zero attached hydrogens (tertiary/aromatic N) is 1. The second-order valence-corrected chi connectivity index (χ2v) is 11.1. The third-order valence-corrected chi connectivity index (χ3v) is 7.58. The highest BCUT2D eigenvalue weighted by molar-refractivity contribution is 7.92. The number of benzene rings is 3. The first-order chi connectivity index (χ1) is 16.6. The molecule has 0 aliphatic heterocycles. The molecule has 0 fully saturated rings. The van der Waals surface area contributed by atoms with Crippen LogP contribution in [0.15, 0.2) is 77.7 Å². The van der Waals surface area contributed by atoms with E-state index in [4.69, 9.17) is 16.3 Å². The van der Waals surface area contributed by atoms with Gasteiger partial charge in [-0.05, 0) is 67.3 Å². The predicted molar refractivity (Wildman–Crippen MR) is 140 cm³/mol. The number of hydrogen-bond acceptors (Lipinski definition) is 4. The van der Waals surface area contributed by atoms with Crippen LogP contribution < -0.4 is 14.4 Å². The lowest BCUT2D eigenvalue weighted by Gasteiger charge is -2.27. The van der Waals surface area contributed by atoms with Gasteiger partial charge in [-0.1, -0.05) is 61.3 Å². The minimum Gasteiger partial charge on any atom is -0.497 e. The minimum absolute atomic E-state index is 0.102. The molecular formula is C27H31ClN2O4S. The van der Waals surface area contributed by atoms with Gasteiger partial charge in [0.05, 0.1) is 23.7 Å². The van der Waals surface area contributed by atoms with Crippen molar-refractivity contribution in [2.45, 2.75) is 38.1 Å². The van der Waals surface area contributed by atoms with E-state index in [1.165, 1.54) is 6.07 Å². The summed E-state index contributed by atoms with van der Waals surface area (Å²) in [7, 11) is -2.42. The number of carbonyl (C=O) groups is 1. The third-order valence-electron chi connectivity index (χ3n) is 5.55. The fourth-order valence-corrected chi connectivity index (χ4v) is 5.34. The van der Waals surface area contributed by atoms with E-state index in [9.17, 15) is 13.2 Å². The summed E-state index contributed by atoms with van der Waals surface area (Å²) in [6, 6.07) is 20.2. The fraction of sp³-hybridized carbons (Fsp3) is 0.296. The zero-order chi connectivity index (χ0) is 25.6. The lowest BCUT2D eigenvalue weighted by atomic mass is 9.97. The molecule has 6 nitrogen and oxygen atoms in total. The standard InChI is InChI=1S/C27H31ClN2O4S/c1-19(2)16-26(21-10-12-24(34-4)13-11-21)29-27(31)18-30(23-7-5-6-22(28)17-23)35(32,33)25-14-8-20(3)9-15-25/h5-15,17,19,26H,16,18H2,1-4H3,(H,29,31)/t26-/m1/s1. The van der Waals surface area contributed by atoms with E-state index >= 15 is 0 Å². The molecule has 8 heteroatoms. The first-order valence-electron chi connectivity index (χ1n) is 11.4. The lowest BCUT2D eigenvalue weighted by Crippen LogP contribution is -2.42. The van der Waals surface area contributed by atoms with Gasteiger partial charge in [0.1, 0.15) is 12.3 Å². The van der Waals surface area contributed by atoms with Crippen LogP contribution in [-0.2, 0) is 14.8 Å². The Morgan fingerprint density at radius 1 is 1.03 bits per heavy atom. The predicted octanol–water partition coefficient (Wildman–Crippen LogP) is 5.76. The Hall–Kier alpha value is -3.03. The van der Waals surface area contributed by atoms with Crippen LogP contribution >= 0.6 is 11.6 Å². The number of aryl methyl sites for hydroxylation is 1. The zero-order valence-electron chi connectivity index (χ0n) is 20.4. The molecular weight excluding hydrogens is 484 g/mol. The number of rotatable bonds is 10. The number of carbonyl (C=O) groups excluding carboxylic acids is 1. The molecule has 0 saturated carbocycles. The molecule has 0 unspecified atom stereocenters. The Morgan fingerprint density at radius 3 is 2.26 bits per heavy atom. The van der Waals surface area contributed by atoms with E-state index in [1.807, 2.05) is 31.2 Å². The van der Waals surface area contributed by atoms with Crippen molar-refractivity contribution in [3.63, 3.8) is 0 Å². The molecule has 3 aromatic rings. The molecule has 0 saturated heterocycles. The first kappa shape index (κ1) is 26.6. The Bertz CT molecular complexity index is 1240. The molecule has 0 aliphatic rings. The van der Waals surface area contributed by atoms with Crippen molar-refractivity contribution in [3.05, 3.63) is 88.9 Å². The monoisotopic (exact) mass is 514 g/mol. The van der Waals surface area contributed by atoms with Crippen LogP contribution in [0, 0.1) is 12.8 Å². The van der Waals surface area contributed by atoms with Crippen LogP contribution in [0.4, 0.5) is 5.69 Å². The van der Waals surface area contributed by atoms with Crippen molar-refractivity contribution < 1.29 is 17.9 Å². The van der Waals surface area contributed by atoms with Crippen LogP contribution in [0.25, 0.3) is 0 Å². The zero-order valence-corrected chi connectivity index (χ0v) is 21.9. The molecule has 35 heavy (non-hydrogen) atoms. The van der Waals surface area contributed by atoms with Crippen molar-refractivity contribution in [1.29, 1.82) is 0 Å². The summed E-state index contributed by atoms with van der Waals surface area (Å²) in [5.41, 5.74) is 2.17. The fourth-order valence-electron chi connectivity index (χ4n) is 3.74. The Balaban J connectivity index is 1.92. The third kappa shape index (κ3) is 6.99. The maximum atomic E-state index is 13.6. The topological polar surface area (TPSA) is 75.7 Å². The Labute approximate surface area is 212 Å². The highest BCUT2D eigenvalue weighted by Gasteiger charge is 2.28. The number of amides is 1. The molecule has 1 atom stereocenters. The van der Waals surface area contributed by atoms with Crippen molar-refractivity contribution in [1.82, 2.24) is 5.32 Å². The molecule has 3 rings (SSSR count). The van der Waals surface area contributed by atoms with Crippen molar-refractivity contribution in [2.75, 3.05) is 18.0 Å². The summed E-state index contributed by atoms with van der Waals surface area (Å²) in [6.45, 7) is 5.64. The van der Waals surface area contributed by atoms with E-state index in [0.29, 0.717) is 23.0 Å². The van der Waals surface area contributed by atoms with Crippen molar-refractivity contribution in [2.24, 2.45) is 5.92 Å². The highest BCUT2D eigenvalue weighted by atomic mass is 35.5. The summed E-state index contributed by atoms with van der Waals surface area (Å²) in [5, 5.41) is 3.41. The molecule has 186 valence electrons. The number of hydrogen-bond donors (Lipinski definition) is 1. The second-order valence-electron chi connectivity index (χ2n) is 8.83. The summed E-state index contributed by atoms with van der Waals surface area (Å²) < 4.78 is 33.5. The highest BCUT2D eigenvalue weighted by Crippen LogP contribution is 2.27. The second kappa shape index (κ2) is 11.6. The van der Waals surface area contributed by atoms with E-state index in [-0.39, 0.29) is 17.5 Å². The Kier molecular flexibility index (Phi) is 8.81. The number of ether oxygens (including phenoxy) is 1. The number of anilines is 1. The molecule has 3 aromatic carbocycles. The number of halogens is 1. The maximum Gasteiger partial charge on any atom is 0.264 e.